The maximum atomic E-state index is 12.6. The van der Waals surface area contributed by atoms with Gasteiger partial charge in [-0.25, -0.2) is 0 Å². The van der Waals surface area contributed by atoms with Gasteiger partial charge >= 0.3 is 0 Å². The SMILES string of the molecule is CCn1ncc2c1CCCC2NC(C)C(=O)NC(C)c1ccccc1. The minimum Gasteiger partial charge on any atom is -0.348 e. The lowest BCUT2D eigenvalue weighted by Crippen LogP contribution is -2.45. The summed E-state index contributed by atoms with van der Waals surface area (Å²) in [6.45, 7) is 6.97. The van der Waals surface area contributed by atoms with Crippen LogP contribution in [0.1, 0.15) is 62.5 Å². The molecule has 0 spiro atoms. The fourth-order valence-corrected chi connectivity index (χ4v) is 3.61. The van der Waals surface area contributed by atoms with E-state index < -0.39 is 0 Å². The molecule has 25 heavy (non-hydrogen) atoms. The zero-order valence-electron chi connectivity index (χ0n) is 15.3. The summed E-state index contributed by atoms with van der Waals surface area (Å²) in [7, 11) is 0. The van der Waals surface area contributed by atoms with Crippen LogP contribution in [0.15, 0.2) is 36.5 Å². The van der Waals surface area contributed by atoms with Crippen LogP contribution in [0.3, 0.4) is 0 Å². The Bertz CT molecular complexity index is 710. The van der Waals surface area contributed by atoms with Gasteiger partial charge in [0.05, 0.1) is 18.3 Å². The number of fused-ring (bicyclic) bond motifs is 1. The van der Waals surface area contributed by atoms with Crippen LogP contribution in [0.4, 0.5) is 0 Å². The smallest absolute Gasteiger partial charge is 0.237 e. The Labute approximate surface area is 149 Å². The van der Waals surface area contributed by atoms with E-state index in [1.54, 1.807) is 0 Å². The van der Waals surface area contributed by atoms with Gasteiger partial charge in [0.25, 0.3) is 0 Å². The maximum absolute atomic E-state index is 12.6. The molecule has 1 aliphatic rings. The van der Waals surface area contributed by atoms with Gasteiger partial charge in [0.15, 0.2) is 0 Å². The van der Waals surface area contributed by atoms with Crippen LogP contribution in [-0.4, -0.2) is 21.7 Å². The van der Waals surface area contributed by atoms with Gasteiger partial charge in [-0.1, -0.05) is 30.3 Å². The molecule has 2 aromatic rings. The number of aryl methyl sites for hydroxylation is 1. The zero-order chi connectivity index (χ0) is 17.8. The fraction of sp³-hybridized carbons (Fsp3) is 0.500. The Hall–Kier alpha value is -2.14. The number of amides is 1. The largest absolute Gasteiger partial charge is 0.348 e. The maximum Gasteiger partial charge on any atom is 0.237 e. The lowest BCUT2D eigenvalue weighted by atomic mass is 9.92. The van der Waals surface area contributed by atoms with Gasteiger partial charge in [0.2, 0.25) is 5.91 Å². The summed E-state index contributed by atoms with van der Waals surface area (Å²) in [6, 6.07) is 10.0. The van der Waals surface area contributed by atoms with Crippen molar-refractivity contribution >= 4 is 5.91 Å². The van der Waals surface area contributed by atoms with Crippen LogP contribution < -0.4 is 10.6 Å². The Morgan fingerprint density at radius 1 is 1.32 bits per heavy atom. The first-order valence-electron chi connectivity index (χ1n) is 9.26. The van der Waals surface area contributed by atoms with Crippen molar-refractivity contribution in [3.8, 4) is 0 Å². The van der Waals surface area contributed by atoms with Gasteiger partial charge < -0.3 is 5.32 Å². The summed E-state index contributed by atoms with van der Waals surface area (Å²) in [6.07, 6.45) is 5.22. The highest BCUT2D eigenvalue weighted by Gasteiger charge is 2.27. The summed E-state index contributed by atoms with van der Waals surface area (Å²) in [4.78, 5) is 12.6. The molecule has 1 aromatic heterocycles. The highest BCUT2D eigenvalue weighted by Crippen LogP contribution is 2.30. The number of rotatable bonds is 6. The van der Waals surface area contributed by atoms with Crippen LogP contribution in [0.2, 0.25) is 0 Å². The van der Waals surface area contributed by atoms with E-state index in [9.17, 15) is 4.79 Å². The van der Waals surface area contributed by atoms with Crippen LogP contribution in [-0.2, 0) is 17.8 Å². The van der Waals surface area contributed by atoms with Gasteiger partial charge in [-0.2, -0.15) is 5.10 Å². The Morgan fingerprint density at radius 2 is 2.08 bits per heavy atom. The molecular formula is C20H28N4O. The summed E-state index contributed by atoms with van der Waals surface area (Å²) in [5.41, 5.74) is 3.69. The quantitative estimate of drug-likeness (QED) is 0.849. The lowest BCUT2D eigenvalue weighted by molar-refractivity contribution is -0.123. The number of aromatic nitrogens is 2. The Morgan fingerprint density at radius 3 is 2.80 bits per heavy atom. The minimum atomic E-state index is -0.243. The van der Waals surface area contributed by atoms with Crippen LogP contribution in [0.5, 0.6) is 0 Å². The molecule has 1 amide bonds. The van der Waals surface area contributed by atoms with Crippen molar-refractivity contribution in [1.82, 2.24) is 20.4 Å². The minimum absolute atomic E-state index is 0.00251. The van der Waals surface area contributed by atoms with Crippen molar-refractivity contribution in [2.24, 2.45) is 0 Å². The summed E-state index contributed by atoms with van der Waals surface area (Å²) in [5.74, 6) is 0.0337. The Kier molecular flexibility index (Phi) is 5.53. The van der Waals surface area contributed by atoms with E-state index in [0.717, 1.165) is 31.4 Å². The topological polar surface area (TPSA) is 59.0 Å². The van der Waals surface area contributed by atoms with Gasteiger partial charge in [-0.3, -0.25) is 14.8 Å². The molecule has 1 heterocycles. The molecule has 0 radical (unpaired) electrons. The van der Waals surface area contributed by atoms with Crippen molar-refractivity contribution in [2.75, 3.05) is 0 Å². The van der Waals surface area contributed by atoms with Crippen molar-refractivity contribution in [1.29, 1.82) is 0 Å². The summed E-state index contributed by atoms with van der Waals surface area (Å²) < 4.78 is 2.07. The molecule has 5 nitrogen and oxygen atoms in total. The molecule has 2 N–H and O–H groups in total. The first-order chi connectivity index (χ1) is 12.1. The van der Waals surface area contributed by atoms with E-state index in [4.69, 9.17) is 0 Å². The van der Waals surface area contributed by atoms with E-state index >= 15 is 0 Å². The monoisotopic (exact) mass is 340 g/mol. The normalized spacial score (nSPS) is 19.1. The van der Waals surface area contributed by atoms with Crippen molar-refractivity contribution in [3.63, 3.8) is 0 Å². The molecule has 3 rings (SSSR count). The second-order valence-electron chi connectivity index (χ2n) is 6.84. The van der Waals surface area contributed by atoms with E-state index in [2.05, 4.69) is 27.3 Å². The second kappa shape index (κ2) is 7.83. The van der Waals surface area contributed by atoms with Gasteiger partial charge in [-0.05, 0) is 45.6 Å². The van der Waals surface area contributed by atoms with Crippen molar-refractivity contribution in [2.45, 2.75) is 64.7 Å². The number of benzene rings is 1. The molecule has 0 aliphatic heterocycles. The highest BCUT2D eigenvalue weighted by atomic mass is 16.2. The summed E-state index contributed by atoms with van der Waals surface area (Å²) >= 11 is 0. The molecule has 3 atom stereocenters. The van der Waals surface area contributed by atoms with Crippen molar-refractivity contribution in [3.05, 3.63) is 53.3 Å². The van der Waals surface area contributed by atoms with E-state index in [1.807, 2.05) is 50.4 Å². The van der Waals surface area contributed by atoms with Crippen LogP contribution in [0, 0.1) is 0 Å². The van der Waals surface area contributed by atoms with E-state index in [1.165, 1.54) is 11.3 Å². The number of hydrogen-bond acceptors (Lipinski definition) is 3. The van der Waals surface area contributed by atoms with Gasteiger partial charge in [-0.15, -0.1) is 0 Å². The standard InChI is InChI=1S/C20H28N4O/c1-4-24-19-12-8-11-18(17(19)13-21-24)22-15(3)20(25)23-14(2)16-9-6-5-7-10-16/h5-7,9-10,13-15,18,22H,4,8,11-12H2,1-3H3,(H,23,25). The molecule has 0 saturated heterocycles. The molecule has 0 fully saturated rings. The predicted molar refractivity (Wildman–Crippen MR) is 99.2 cm³/mol. The number of hydrogen-bond donors (Lipinski definition) is 2. The highest BCUT2D eigenvalue weighted by molar-refractivity contribution is 5.81. The van der Waals surface area contributed by atoms with Crippen LogP contribution >= 0.6 is 0 Å². The molecular weight excluding hydrogens is 312 g/mol. The first-order valence-corrected chi connectivity index (χ1v) is 9.26. The van der Waals surface area contributed by atoms with E-state index in [-0.39, 0.29) is 24.0 Å². The second-order valence-corrected chi connectivity index (χ2v) is 6.84. The molecule has 0 saturated carbocycles. The number of carbonyl (C=O) groups is 1. The fourth-order valence-electron chi connectivity index (χ4n) is 3.61. The summed E-state index contributed by atoms with van der Waals surface area (Å²) in [5, 5.41) is 11.1. The van der Waals surface area contributed by atoms with E-state index in [0.29, 0.717) is 0 Å². The number of carbonyl (C=O) groups excluding carboxylic acids is 1. The average Bonchev–Trinajstić information content (AvgIpc) is 3.06. The van der Waals surface area contributed by atoms with Crippen LogP contribution in [0.25, 0.3) is 0 Å². The Balaban J connectivity index is 1.62. The number of nitrogens with zero attached hydrogens (tertiary/aromatic N) is 2. The zero-order valence-corrected chi connectivity index (χ0v) is 15.3. The number of nitrogens with one attached hydrogen (secondary N) is 2. The molecule has 5 heteroatoms. The molecule has 0 bridgehead atoms. The van der Waals surface area contributed by atoms with Gasteiger partial charge in [0.1, 0.15) is 0 Å². The lowest BCUT2D eigenvalue weighted by Gasteiger charge is -2.27. The molecule has 134 valence electrons. The third kappa shape index (κ3) is 3.93. The molecule has 3 unspecified atom stereocenters. The average molecular weight is 340 g/mol. The first kappa shape index (κ1) is 17.7. The molecule has 1 aliphatic carbocycles. The predicted octanol–water partition coefficient (Wildman–Crippen LogP) is 3.14. The van der Waals surface area contributed by atoms with Gasteiger partial charge in [0, 0.05) is 23.8 Å². The van der Waals surface area contributed by atoms with Crippen molar-refractivity contribution < 1.29 is 4.79 Å². The molecule has 1 aromatic carbocycles. The third-order valence-electron chi connectivity index (χ3n) is 5.07. The third-order valence-corrected chi connectivity index (χ3v) is 5.07.